The van der Waals surface area contributed by atoms with Gasteiger partial charge in [-0.25, -0.2) is 4.68 Å². The lowest BCUT2D eigenvalue weighted by atomic mass is 10.2. The first kappa shape index (κ1) is 17.0. The van der Waals surface area contributed by atoms with E-state index in [4.69, 9.17) is 4.52 Å². The molecule has 0 unspecified atom stereocenters. The van der Waals surface area contributed by atoms with Crippen LogP contribution in [0.4, 0.5) is 5.69 Å². The normalized spacial score (nSPS) is 10.9. The molecule has 27 heavy (non-hydrogen) atoms. The average Bonchev–Trinajstić information content (AvgIpc) is 3.30. The zero-order chi connectivity index (χ0) is 18.8. The van der Waals surface area contributed by atoms with Gasteiger partial charge in [-0.1, -0.05) is 46.8 Å². The molecule has 4 rings (SSSR count). The summed E-state index contributed by atoms with van der Waals surface area (Å²) < 4.78 is 7.31. The number of anilines is 1. The minimum absolute atomic E-state index is 0.442. The third-order valence-electron chi connectivity index (χ3n) is 4.41. The number of aromatic nitrogens is 5. The summed E-state index contributed by atoms with van der Waals surface area (Å²) in [5.74, 6) is 0.905. The van der Waals surface area contributed by atoms with Crippen molar-refractivity contribution in [1.82, 2.24) is 25.1 Å². The van der Waals surface area contributed by atoms with E-state index in [2.05, 4.69) is 32.6 Å². The predicted octanol–water partition coefficient (Wildman–Crippen LogP) is 3.42. The second kappa shape index (κ2) is 7.03. The third kappa shape index (κ3) is 3.44. The van der Waals surface area contributed by atoms with Crippen molar-refractivity contribution in [2.75, 3.05) is 19.0 Å². The molecule has 0 aliphatic carbocycles. The topological polar surface area (TPSA) is 72.9 Å². The molecule has 7 heteroatoms. The largest absolute Gasteiger partial charge is 0.378 e. The molecular formula is C20H20N6O. The van der Waals surface area contributed by atoms with Gasteiger partial charge in [-0.05, 0) is 30.7 Å². The van der Waals surface area contributed by atoms with E-state index in [0.29, 0.717) is 24.0 Å². The molecule has 0 amide bonds. The smallest absolute Gasteiger partial charge is 0.258 e. The Bertz CT molecular complexity index is 1050. The molecule has 0 fully saturated rings. The van der Waals surface area contributed by atoms with Crippen LogP contribution in [0.2, 0.25) is 0 Å². The van der Waals surface area contributed by atoms with Crippen LogP contribution in [-0.4, -0.2) is 39.2 Å². The van der Waals surface area contributed by atoms with Gasteiger partial charge in [0.05, 0.1) is 12.2 Å². The van der Waals surface area contributed by atoms with Gasteiger partial charge < -0.3 is 9.42 Å². The fourth-order valence-corrected chi connectivity index (χ4v) is 2.83. The van der Waals surface area contributed by atoms with E-state index in [0.717, 1.165) is 22.5 Å². The Kier molecular flexibility index (Phi) is 4.42. The molecule has 0 saturated heterocycles. The quantitative estimate of drug-likeness (QED) is 0.543. The van der Waals surface area contributed by atoms with E-state index in [-0.39, 0.29) is 0 Å². The van der Waals surface area contributed by atoms with Crippen molar-refractivity contribution >= 4 is 5.69 Å². The van der Waals surface area contributed by atoms with Crippen LogP contribution in [-0.2, 0) is 6.54 Å². The van der Waals surface area contributed by atoms with Gasteiger partial charge in [0.15, 0.2) is 5.69 Å². The lowest BCUT2D eigenvalue weighted by Crippen LogP contribution is -2.08. The molecule has 2 aromatic heterocycles. The van der Waals surface area contributed by atoms with E-state index in [9.17, 15) is 0 Å². The first-order valence-corrected chi connectivity index (χ1v) is 8.67. The van der Waals surface area contributed by atoms with E-state index < -0.39 is 0 Å². The second-order valence-electron chi connectivity index (χ2n) is 6.53. The predicted molar refractivity (Wildman–Crippen MR) is 103 cm³/mol. The molecule has 2 heterocycles. The van der Waals surface area contributed by atoms with Gasteiger partial charge in [0.25, 0.3) is 5.89 Å². The Morgan fingerprint density at radius 3 is 2.63 bits per heavy atom. The molecule has 0 spiro atoms. The molecule has 0 atom stereocenters. The molecule has 2 aromatic carbocycles. The zero-order valence-electron chi connectivity index (χ0n) is 15.5. The Balaban J connectivity index is 1.61. The van der Waals surface area contributed by atoms with Crippen LogP contribution in [0.15, 0.2) is 59.1 Å². The first-order chi connectivity index (χ1) is 13.1. The third-order valence-corrected chi connectivity index (χ3v) is 4.41. The average molecular weight is 360 g/mol. The summed E-state index contributed by atoms with van der Waals surface area (Å²) in [5, 5.41) is 12.6. The van der Waals surface area contributed by atoms with Gasteiger partial charge in [0.2, 0.25) is 5.82 Å². The molecule has 0 aliphatic heterocycles. The number of rotatable bonds is 5. The fourth-order valence-electron chi connectivity index (χ4n) is 2.83. The van der Waals surface area contributed by atoms with Crippen LogP contribution in [0.1, 0.15) is 11.3 Å². The molecule has 136 valence electrons. The van der Waals surface area contributed by atoms with E-state index >= 15 is 0 Å². The van der Waals surface area contributed by atoms with Crippen molar-refractivity contribution in [3.05, 3.63) is 65.9 Å². The SMILES string of the molecule is Cc1c(-c2noc(-c3cccc(N(C)C)c3)n2)nnn1Cc1ccccc1. The maximum atomic E-state index is 5.47. The molecule has 4 aromatic rings. The van der Waals surface area contributed by atoms with Crippen LogP contribution >= 0.6 is 0 Å². The lowest BCUT2D eigenvalue weighted by molar-refractivity contribution is 0.432. The summed E-state index contributed by atoms with van der Waals surface area (Å²) in [7, 11) is 3.99. The molecule has 0 radical (unpaired) electrons. The molecular weight excluding hydrogens is 340 g/mol. The summed E-state index contributed by atoms with van der Waals surface area (Å²) in [5.41, 5.74) is 4.62. The summed E-state index contributed by atoms with van der Waals surface area (Å²) in [6.07, 6.45) is 0. The van der Waals surface area contributed by atoms with Crippen molar-refractivity contribution in [3.63, 3.8) is 0 Å². The summed E-state index contributed by atoms with van der Waals surface area (Å²) >= 11 is 0. The molecule has 7 nitrogen and oxygen atoms in total. The van der Waals surface area contributed by atoms with Crippen LogP contribution in [0, 0.1) is 6.92 Å². The van der Waals surface area contributed by atoms with E-state index in [1.807, 2.05) is 73.1 Å². The van der Waals surface area contributed by atoms with Crippen molar-refractivity contribution in [2.45, 2.75) is 13.5 Å². The maximum absolute atomic E-state index is 5.47. The second-order valence-corrected chi connectivity index (χ2v) is 6.53. The Morgan fingerprint density at radius 2 is 1.85 bits per heavy atom. The number of hydrogen-bond acceptors (Lipinski definition) is 6. The zero-order valence-corrected chi connectivity index (χ0v) is 15.5. The monoisotopic (exact) mass is 360 g/mol. The van der Waals surface area contributed by atoms with Crippen LogP contribution < -0.4 is 4.90 Å². The number of hydrogen-bond donors (Lipinski definition) is 0. The lowest BCUT2D eigenvalue weighted by Gasteiger charge is -2.12. The highest BCUT2D eigenvalue weighted by Crippen LogP contribution is 2.25. The van der Waals surface area contributed by atoms with Gasteiger partial charge in [-0.15, -0.1) is 5.10 Å². The van der Waals surface area contributed by atoms with Crippen molar-refractivity contribution in [3.8, 4) is 23.0 Å². The Morgan fingerprint density at radius 1 is 1.04 bits per heavy atom. The minimum atomic E-state index is 0.442. The first-order valence-electron chi connectivity index (χ1n) is 8.67. The number of nitrogens with zero attached hydrogens (tertiary/aromatic N) is 6. The fraction of sp³-hybridized carbons (Fsp3) is 0.200. The van der Waals surface area contributed by atoms with Gasteiger partial charge in [-0.2, -0.15) is 4.98 Å². The Hall–Kier alpha value is -3.48. The summed E-state index contributed by atoms with van der Waals surface area (Å²) in [6, 6.07) is 18.1. The van der Waals surface area contributed by atoms with Crippen molar-refractivity contribution in [1.29, 1.82) is 0 Å². The summed E-state index contributed by atoms with van der Waals surface area (Å²) in [4.78, 5) is 6.55. The Labute approximate surface area is 157 Å². The standard InChI is InChI=1S/C20H20N6O/c1-14-18(22-24-26(14)13-15-8-5-4-6-9-15)19-21-20(27-23-19)16-10-7-11-17(12-16)25(2)3/h4-12H,13H2,1-3H3. The molecule has 0 saturated carbocycles. The number of benzene rings is 2. The highest BCUT2D eigenvalue weighted by molar-refractivity contribution is 5.63. The van der Waals surface area contributed by atoms with Gasteiger partial charge in [-0.3, -0.25) is 0 Å². The highest BCUT2D eigenvalue weighted by atomic mass is 16.5. The van der Waals surface area contributed by atoms with Crippen LogP contribution in [0.3, 0.4) is 0 Å². The molecule has 0 N–H and O–H groups in total. The van der Waals surface area contributed by atoms with Crippen LogP contribution in [0.5, 0.6) is 0 Å². The highest BCUT2D eigenvalue weighted by Gasteiger charge is 2.18. The van der Waals surface area contributed by atoms with E-state index in [1.165, 1.54) is 0 Å². The van der Waals surface area contributed by atoms with Gasteiger partial charge >= 0.3 is 0 Å². The van der Waals surface area contributed by atoms with Gasteiger partial charge in [0.1, 0.15) is 0 Å². The summed E-state index contributed by atoms with van der Waals surface area (Å²) in [6.45, 7) is 2.61. The van der Waals surface area contributed by atoms with E-state index in [1.54, 1.807) is 0 Å². The minimum Gasteiger partial charge on any atom is -0.378 e. The van der Waals surface area contributed by atoms with Crippen LogP contribution in [0.25, 0.3) is 23.0 Å². The maximum Gasteiger partial charge on any atom is 0.258 e. The molecule has 0 bridgehead atoms. The molecule has 0 aliphatic rings. The van der Waals surface area contributed by atoms with Crippen molar-refractivity contribution < 1.29 is 4.52 Å². The van der Waals surface area contributed by atoms with Crippen molar-refractivity contribution in [2.24, 2.45) is 0 Å². The van der Waals surface area contributed by atoms with Gasteiger partial charge in [0, 0.05) is 25.3 Å².